The Morgan fingerprint density at radius 3 is 2.73 bits per heavy atom. The van der Waals surface area contributed by atoms with Crippen molar-refractivity contribution in [2.45, 2.75) is 0 Å². The molecule has 152 valence electrons. The number of halogens is 3. The van der Waals surface area contributed by atoms with E-state index in [-0.39, 0.29) is 34.8 Å². The minimum atomic E-state index is -0.591. The second-order valence-corrected chi connectivity index (χ2v) is 7.72. The Morgan fingerprint density at radius 1 is 1.27 bits per heavy atom. The third kappa shape index (κ3) is 5.03. The molecule has 0 atom stereocenters. The van der Waals surface area contributed by atoms with E-state index < -0.39 is 11.7 Å². The minimum Gasteiger partial charge on any atom is -0.344 e. The average Bonchev–Trinajstić information content (AvgIpc) is 3.03. The van der Waals surface area contributed by atoms with E-state index >= 15 is 0 Å². The molecule has 0 aromatic heterocycles. The SMILES string of the molecule is C#CCNC(=O)CSC1=N/C(=C/c2ccc(Cl)c(Cl)c2)C(=O)N1c1ccccc1F. The summed E-state index contributed by atoms with van der Waals surface area (Å²) in [5, 5.41) is 3.40. The predicted molar refractivity (Wildman–Crippen MR) is 120 cm³/mol. The molecule has 3 rings (SSSR count). The maximum atomic E-state index is 14.4. The fourth-order valence-corrected chi connectivity index (χ4v) is 3.67. The van der Waals surface area contributed by atoms with Gasteiger partial charge in [0.05, 0.1) is 28.0 Å². The molecule has 2 aromatic carbocycles. The van der Waals surface area contributed by atoms with Gasteiger partial charge in [0.1, 0.15) is 11.5 Å². The van der Waals surface area contributed by atoms with Crippen LogP contribution in [0.25, 0.3) is 6.08 Å². The summed E-state index contributed by atoms with van der Waals surface area (Å²) in [4.78, 5) is 30.4. The zero-order valence-electron chi connectivity index (χ0n) is 15.4. The quantitative estimate of drug-likeness (QED) is 0.531. The number of hydrogen-bond donors (Lipinski definition) is 1. The molecule has 5 nitrogen and oxygen atoms in total. The van der Waals surface area contributed by atoms with Gasteiger partial charge in [-0.05, 0) is 35.9 Å². The van der Waals surface area contributed by atoms with Gasteiger partial charge in [0.15, 0.2) is 5.17 Å². The molecule has 0 unspecified atom stereocenters. The van der Waals surface area contributed by atoms with Crippen LogP contribution in [0.1, 0.15) is 5.56 Å². The van der Waals surface area contributed by atoms with Gasteiger partial charge in [-0.2, -0.15) is 0 Å². The summed E-state index contributed by atoms with van der Waals surface area (Å²) < 4.78 is 14.4. The van der Waals surface area contributed by atoms with Crippen molar-refractivity contribution >= 4 is 63.7 Å². The Morgan fingerprint density at radius 2 is 2.03 bits per heavy atom. The molecule has 2 amide bonds. The molecule has 1 aliphatic heterocycles. The van der Waals surface area contributed by atoms with Crippen molar-refractivity contribution < 1.29 is 14.0 Å². The second kappa shape index (κ2) is 9.81. The van der Waals surface area contributed by atoms with Gasteiger partial charge < -0.3 is 5.32 Å². The Labute approximate surface area is 187 Å². The Kier molecular flexibility index (Phi) is 7.16. The molecule has 9 heteroatoms. The fraction of sp³-hybridized carbons (Fsp3) is 0.0952. The first kappa shape index (κ1) is 21.9. The molecular formula is C21H14Cl2FN3O2S. The second-order valence-electron chi connectivity index (χ2n) is 5.96. The van der Waals surface area contributed by atoms with Gasteiger partial charge in [-0.15, -0.1) is 6.42 Å². The number of amidine groups is 1. The molecule has 0 fully saturated rings. The average molecular weight is 462 g/mol. The van der Waals surface area contributed by atoms with Gasteiger partial charge in [0.2, 0.25) is 5.91 Å². The monoisotopic (exact) mass is 461 g/mol. The summed E-state index contributed by atoms with van der Waals surface area (Å²) in [6, 6.07) is 10.7. The van der Waals surface area contributed by atoms with Crippen molar-refractivity contribution in [1.82, 2.24) is 5.32 Å². The number of carbonyl (C=O) groups is 2. The van der Waals surface area contributed by atoms with E-state index in [9.17, 15) is 14.0 Å². The van der Waals surface area contributed by atoms with Crippen LogP contribution in [0.4, 0.5) is 10.1 Å². The Bertz CT molecular complexity index is 1110. The van der Waals surface area contributed by atoms with Gasteiger partial charge in [-0.25, -0.2) is 9.38 Å². The minimum absolute atomic E-state index is 0.0373. The molecule has 0 bridgehead atoms. The predicted octanol–water partition coefficient (Wildman–Crippen LogP) is 4.36. The molecule has 0 radical (unpaired) electrons. The van der Waals surface area contributed by atoms with Gasteiger partial charge in [0.25, 0.3) is 5.91 Å². The van der Waals surface area contributed by atoms with E-state index in [2.05, 4.69) is 16.2 Å². The number of hydrogen-bond acceptors (Lipinski definition) is 4. The zero-order chi connectivity index (χ0) is 21.7. The number of rotatable bonds is 5. The van der Waals surface area contributed by atoms with E-state index in [0.29, 0.717) is 15.6 Å². The topological polar surface area (TPSA) is 61.8 Å². The molecule has 0 spiro atoms. The summed E-state index contributed by atoms with van der Waals surface area (Å²) in [6.45, 7) is 0.0876. The number of nitrogens with one attached hydrogen (secondary N) is 1. The molecule has 2 aromatic rings. The number of para-hydroxylation sites is 1. The molecule has 30 heavy (non-hydrogen) atoms. The van der Waals surface area contributed by atoms with E-state index in [4.69, 9.17) is 29.6 Å². The number of amides is 2. The van der Waals surface area contributed by atoms with E-state index in [1.54, 1.807) is 24.3 Å². The van der Waals surface area contributed by atoms with Crippen LogP contribution in [0.15, 0.2) is 53.2 Å². The van der Waals surface area contributed by atoms with Crippen LogP contribution in [0.2, 0.25) is 10.0 Å². The molecular weight excluding hydrogens is 448 g/mol. The van der Waals surface area contributed by atoms with E-state index in [1.807, 2.05) is 0 Å². The highest BCUT2D eigenvalue weighted by Crippen LogP contribution is 2.31. The maximum Gasteiger partial charge on any atom is 0.283 e. The first-order valence-corrected chi connectivity index (χ1v) is 10.3. The van der Waals surface area contributed by atoms with Gasteiger partial charge in [0, 0.05) is 0 Å². The summed E-state index contributed by atoms with van der Waals surface area (Å²) >= 11 is 13.0. The molecule has 1 N–H and O–H groups in total. The smallest absolute Gasteiger partial charge is 0.283 e. The highest BCUT2D eigenvalue weighted by Gasteiger charge is 2.33. The first-order chi connectivity index (χ1) is 14.4. The Hall–Kier alpha value is -2.79. The lowest BCUT2D eigenvalue weighted by molar-refractivity contribution is -0.118. The standard InChI is InChI=1S/C21H14Cl2FN3O2S/c1-2-9-25-19(28)12-30-21-26-17(11-13-7-8-14(22)15(23)10-13)20(29)27(21)18-6-4-3-5-16(18)24/h1,3-8,10-11H,9,12H2,(H,25,28)/b17-11+. The third-order valence-electron chi connectivity index (χ3n) is 3.89. The van der Waals surface area contributed by atoms with Gasteiger partial charge >= 0.3 is 0 Å². The van der Waals surface area contributed by atoms with Crippen molar-refractivity contribution in [2.75, 3.05) is 17.2 Å². The molecule has 1 aliphatic rings. The van der Waals surface area contributed by atoms with Crippen LogP contribution >= 0.6 is 35.0 Å². The summed E-state index contributed by atoms with van der Waals surface area (Å²) in [5.41, 5.74) is 0.710. The number of carbonyl (C=O) groups excluding carboxylic acids is 2. The zero-order valence-corrected chi connectivity index (χ0v) is 17.7. The number of benzene rings is 2. The fourth-order valence-electron chi connectivity index (χ4n) is 2.53. The molecule has 0 aliphatic carbocycles. The van der Waals surface area contributed by atoms with Crippen LogP contribution in [0, 0.1) is 18.2 Å². The van der Waals surface area contributed by atoms with Crippen LogP contribution in [-0.2, 0) is 9.59 Å². The largest absolute Gasteiger partial charge is 0.344 e. The van der Waals surface area contributed by atoms with Crippen LogP contribution in [-0.4, -0.2) is 29.3 Å². The van der Waals surface area contributed by atoms with E-state index in [0.717, 1.165) is 16.7 Å². The molecule has 1 heterocycles. The normalized spacial score (nSPS) is 14.6. The summed E-state index contributed by atoms with van der Waals surface area (Å²) in [5.74, 6) is 0.810. The number of thioether (sulfide) groups is 1. The summed E-state index contributed by atoms with van der Waals surface area (Å²) in [7, 11) is 0. The first-order valence-electron chi connectivity index (χ1n) is 8.58. The lowest BCUT2D eigenvalue weighted by atomic mass is 10.2. The highest BCUT2D eigenvalue weighted by atomic mass is 35.5. The summed E-state index contributed by atoms with van der Waals surface area (Å²) in [6.07, 6.45) is 6.64. The lowest BCUT2D eigenvalue weighted by Gasteiger charge is -2.18. The van der Waals surface area contributed by atoms with E-state index in [1.165, 1.54) is 24.3 Å². The van der Waals surface area contributed by atoms with Crippen LogP contribution in [0.5, 0.6) is 0 Å². The third-order valence-corrected chi connectivity index (χ3v) is 5.57. The van der Waals surface area contributed by atoms with Crippen molar-refractivity contribution in [3.8, 4) is 12.3 Å². The van der Waals surface area contributed by atoms with Crippen molar-refractivity contribution in [2.24, 2.45) is 4.99 Å². The number of nitrogens with zero attached hydrogens (tertiary/aromatic N) is 2. The van der Waals surface area contributed by atoms with Crippen LogP contribution in [0.3, 0.4) is 0 Å². The number of aliphatic imine (C=N–C) groups is 1. The maximum absolute atomic E-state index is 14.4. The molecule has 0 saturated heterocycles. The van der Waals surface area contributed by atoms with Crippen LogP contribution < -0.4 is 10.2 Å². The Balaban J connectivity index is 1.94. The number of terminal acetylenes is 1. The highest BCUT2D eigenvalue weighted by molar-refractivity contribution is 8.14. The van der Waals surface area contributed by atoms with Gasteiger partial charge in [-0.3, -0.25) is 14.5 Å². The molecule has 0 saturated carbocycles. The van der Waals surface area contributed by atoms with Crippen molar-refractivity contribution in [1.29, 1.82) is 0 Å². The lowest BCUT2D eigenvalue weighted by Crippen LogP contribution is -2.33. The number of anilines is 1. The van der Waals surface area contributed by atoms with Crippen molar-refractivity contribution in [3.63, 3.8) is 0 Å². The van der Waals surface area contributed by atoms with Gasteiger partial charge in [-0.1, -0.05) is 59.1 Å². The van der Waals surface area contributed by atoms with Crippen molar-refractivity contribution in [3.05, 3.63) is 69.6 Å².